The highest BCUT2D eigenvalue weighted by atomic mass is 32.1. The molecule has 0 aromatic carbocycles. The summed E-state index contributed by atoms with van der Waals surface area (Å²) in [5, 5.41) is 0.876. The van der Waals surface area contributed by atoms with Gasteiger partial charge >= 0.3 is 6.18 Å². The maximum Gasteiger partial charge on any atom is 0.391 e. The fourth-order valence-corrected chi connectivity index (χ4v) is 4.63. The van der Waals surface area contributed by atoms with E-state index in [1.54, 1.807) is 0 Å². The summed E-state index contributed by atoms with van der Waals surface area (Å²) in [5.74, 6) is -0.793. The molecule has 3 heterocycles. The number of alkyl halides is 3. The van der Waals surface area contributed by atoms with E-state index in [9.17, 15) is 18.0 Å². The van der Waals surface area contributed by atoms with Gasteiger partial charge in [0, 0.05) is 23.9 Å². The van der Waals surface area contributed by atoms with Crippen molar-refractivity contribution in [2.75, 3.05) is 13.1 Å². The number of aryl methyl sites for hydroxylation is 2. The van der Waals surface area contributed by atoms with Crippen LogP contribution in [-0.2, 0) is 5.41 Å². The molecule has 0 atom stereocenters. The first kappa shape index (κ1) is 20.0. The number of hydrogen-bond donors (Lipinski definition) is 0. The molecule has 0 bridgehead atoms. The van der Waals surface area contributed by atoms with E-state index in [0.29, 0.717) is 4.88 Å². The molecule has 148 valence electrons. The van der Waals surface area contributed by atoms with Crippen molar-refractivity contribution in [2.24, 2.45) is 5.92 Å². The Morgan fingerprint density at radius 3 is 2.22 bits per heavy atom. The van der Waals surface area contributed by atoms with Crippen molar-refractivity contribution in [1.82, 2.24) is 14.9 Å². The van der Waals surface area contributed by atoms with Crippen molar-refractivity contribution in [3.8, 4) is 0 Å². The topological polar surface area (TPSA) is 46.1 Å². The van der Waals surface area contributed by atoms with Crippen LogP contribution in [0.1, 0.15) is 60.4 Å². The van der Waals surface area contributed by atoms with E-state index < -0.39 is 12.1 Å². The lowest BCUT2D eigenvalue weighted by atomic mass is 9.95. The second kappa shape index (κ2) is 6.72. The number of likely N-dealkylation sites (tertiary alicyclic amines) is 1. The number of thiophene rings is 1. The molecule has 0 spiro atoms. The van der Waals surface area contributed by atoms with Crippen LogP contribution in [0.2, 0.25) is 0 Å². The van der Waals surface area contributed by atoms with Gasteiger partial charge in [-0.3, -0.25) is 4.79 Å². The largest absolute Gasteiger partial charge is 0.391 e. The van der Waals surface area contributed by atoms with Gasteiger partial charge in [-0.15, -0.1) is 11.3 Å². The summed E-state index contributed by atoms with van der Waals surface area (Å²) in [7, 11) is 0. The van der Waals surface area contributed by atoms with Gasteiger partial charge in [-0.2, -0.15) is 13.2 Å². The van der Waals surface area contributed by atoms with Gasteiger partial charge in [0.25, 0.3) is 5.91 Å². The average Bonchev–Trinajstić information content (AvgIpc) is 2.90. The fourth-order valence-electron chi connectivity index (χ4n) is 3.43. The minimum absolute atomic E-state index is 0.0355. The number of carbonyl (C=O) groups is 1. The molecule has 1 amide bonds. The van der Waals surface area contributed by atoms with E-state index in [4.69, 9.17) is 0 Å². The smallest absolute Gasteiger partial charge is 0.338 e. The Morgan fingerprint density at radius 1 is 1.11 bits per heavy atom. The molecule has 4 nitrogen and oxygen atoms in total. The van der Waals surface area contributed by atoms with Crippen molar-refractivity contribution >= 4 is 27.5 Å². The molecule has 1 aliphatic heterocycles. The zero-order valence-electron chi connectivity index (χ0n) is 16.2. The van der Waals surface area contributed by atoms with Gasteiger partial charge in [-0.25, -0.2) is 9.97 Å². The van der Waals surface area contributed by atoms with Gasteiger partial charge in [0.1, 0.15) is 10.7 Å². The number of halogens is 3. The highest BCUT2D eigenvalue weighted by Crippen LogP contribution is 2.37. The first-order valence-corrected chi connectivity index (χ1v) is 9.85. The molecule has 1 fully saturated rings. The van der Waals surface area contributed by atoms with Crippen LogP contribution < -0.4 is 0 Å². The van der Waals surface area contributed by atoms with Crippen molar-refractivity contribution in [3.05, 3.63) is 22.0 Å². The molecular formula is C19H24F3N3OS. The normalized spacial score (nSPS) is 17.0. The lowest BCUT2D eigenvalue weighted by molar-refractivity contribution is -0.183. The molecule has 8 heteroatoms. The van der Waals surface area contributed by atoms with Gasteiger partial charge < -0.3 is 4.90 Å². The van der Waals surface area contributed by atoms with Crippen LogP contribution in [0.4, 0.5) is 13.2 Å². The van der Waals surface area contributed by atoms with E-state index in [1.165, 1.54) is 16.2 Å². The van der Waals surface area contributed by atoms with E-state index in [1.807, 2.05) is 34.6 Å². The van der Waals surface area contributed by atoms with Gasteiger partial charge in [-0.05, 0) is 32.3 Å². The molecule has 0 radical (unpaired) electrons. The molecule has 2 aromatic heterocycles. The first-order chi connectivity index (χ1) is 12.4. The van der Waals surface area contributed by atoms with Crippen LogP contribution in [-0.4, -0.2) is 40.0 Å². The average molecular weight is 399 g/mol. The van der Waals surface area contributed by atoms with Crippen LogP contribution in [0, 0.1) is 19.8 Å². The number of nitrogens with zero attached hydrogens (tertiary/aromatic N) is 3. The van der Waals surface area contributed by atoms with Crippen LogP contribution >= 0.6 is 11.3 Å². The zero-order valence-corrected chi connectivity index (χ0v) is 17.0. The van der Waals surface area contributed by atoms with E-state index in [0.717, 1.165) is 27.3 Å². The number of rotatable bonds is 1. The summed E-state index contributed by atoms with van der Waals surface area (Å²) < 4.78 is 38.6. The highest BCUT2D eigenvalue weighted by Gasteiger charge is 2.42. The summed E-state index contributed by atoms with van der Waals surface area (Å²) in [6.45, 7) is 10.1. The Balaban J connectivity index is 1.90. The quantitative estimate of drug-likeness (QED) is 0.676. The van der Waals surface area contributed by atoms with Gasteiger partial charge in [-0.1, -0.05) is 20.8 Å². The highest BCUT2D eigenvalue weighted by molar-refractivity contribution is 7.20. The number of carbonyl (C=O) groups excluding carboxylic acids is 1. The third-order valence-corrected chi connectivity index (χ3v) is 6.25. The molecule has 1 saturated heterocycles. The van der Waals surface area contributed by atoms with Crippen molar-refractivity contribution < 1.29 is 18.0 Å². The van der Waals surface area contributed by atoms with Crippen LogP contribution in [0.25, 0.3) is 10.2 Å². The van der Waals surface area contributed by atoms with E-state index in [2.05, 4.69) is 9.97 Å². The molecule has 0 unspecified atom stereocenters. The molecular weight excluding hydrogens is 375 g/mol. The molecule has 0 N–H and O–H groups in total. The number of amides is 1. The zero-order chi connectivity index (χ0) is 20.1. The van der Waals surface area contributed by atoms with Crippen molar-refractivity contribution in [3.63, 3.8) is 0 Å². The summed E-state index contributed by atoms with van der Waals surface area (Å²) >= 11 is 1.31. The Labute approximate surface area is 160 Å². The van der Waals surface area contributed by atoms with Crippen LogP contribution in [0.5, 0.6) is 0 Å². The van der Waals surface area contributed by atoms with Gasteiger partial charge in [0.15, 0.2) is 0 Å². The summed E-state index contributed by atoms with van der Waals surface area (Å²) in [6, 6.07) is 0. The van der Waals surface area contributed by atoms with Crippen molar-refractivity contribution in [1.29, 1.82) is 0 Å². The summed E-state index contributed by atoms with van der Waals surface area (Å²) in [5.41, 5.74) is 1.44. The standard InChI is InChI=1S/C19H24F3N3OS/c1-10-13-11(2)23-17(18(3,4)5)24-15(13)27-14(10)16(26)25-8-6-12(7-9-25)19(20,21)22/h12H,6-9H2,1-5H3. The van der Waals surface area contributed by atoms with Crippen molar-refractivity contribution in [2.45, 2.75) is 59.1 Å². The third kappa shape index (κ3) is 3.81. The molecule has 0 saturated carbocycles. The Kier molecular flexibility index (Phi) is 4.99. The Hall–Kier alpha value is -1.70. The molecule has 0 aliphatic carbocycles. The minimum Gasteiger partial charge on any atom is -0.338 e. The SMILES string of the molecule is Cc1nc(C(C)(C)C)nc2sc(C(=O)N3CCC(C(F)(F)F)CC3)c(C)c12. The predicted octanol–water partition coefficient (Wildman–Crippen LogP) is 5.02. The van der Waals surface area contributed by atoms with E-state index in [-0.39, 0.29) is 37.3 Å². The fraction of sp³-hybridized carbons (Fsp3) is 0.632. The summed E-state index contributed by atoms with van der Waals surface area (Å²) in [6.07, 6.45) is -4.25. The van der Waals surface area contributed by atoms with Gasteiger partial charge in [0.2, 0.25) is 0 Å². The summed E-state index contributed by atoms with van der Waals surface area (Å²) in [4.78, 5) is 25.0. The Morgan fingerprint density at radius 2 is 1.70 bits per heavy atom. The second-order valence-electron chi connectivity index (χ2n) is 8.23. The minimum atomic E-state index is -4.18. The van der Waals surface area contributed by atoms with Crippen LogP contribution in [0.3, 0.4) is 0 Å². The first-order valence-electron chi connectivity index (χ1n) is 9.03. The number of hydrogen-bond acceptors (Lipinski definition) is 4. The van der Waals surface area contributed by atoms with Gasteiger partial charge in [0.05, 0.1) is 16.5 Å². The molecule has 27 heavy (non-hydrogen) atoms. The molecule has 1 aliphatic rings. The molecule has 2 aromatic rings. The number of piperidine rings is 1. The lowest BCUT2D eigenvalue weighted by Crippen LogP contribution is -2.42. The second-order valence-corrected chi connectivity index (χ2v) is 9.23. The monoisotopic (exact) mass is 399 g/mol. The Bertz CT molecular complexity index is 875. The third-order valence-electron chi connectivity index (χ3n) is 5.08. The maximum atomic E-state index is 12.9. The van der Waals surface area contributed by atoms with Crippen LogP contribution in [0.15, 0.2) is 0 Å². The van der Waals surface area contributed by atoms with E-state index >= 15 is 0 Å². The molecule has 3 rings (SSSR count). The maximum absolute atomic E-state index is 12.9. The number of aromatic nitrogens is 2. The lowest BCUT2D eigenvalue weighted by Gasteiger charge is -2.32. The predicted molar refractivity (Wildman–Crippen MR) is 100 cm³/mol. The number of fused-ring (bicyclic) bond motifs is 1.